The van der Waals surface area contributed by atoms with Crippen LogP contribution in [0.2, 0.25) is 0 Å². The van der Waals surface area contributed by atoms with Crippen molar-refractivity contribution in [2.45, 2.75) is 12.5 Å². The van der Waals surface area contributed by atoms with E-state index in [-0.39, 0.29) is 24.8 Å². The maximum atomic E-state index is 10.4. The second-order valence-corrected chi connectivity index (χ2v) is 6.69. The van der Waals surface area contributed by atoms with Gasteiger partial charge in [0.2, 0.25) is 0 Å². The largest absolute Gasteiger partial charge is 0.491 e. The van der Waals surface area contributed by atoms with Crippen molar-refractivity contribution in [3.63, 3.8) is 0 Å². The van der Waals surface area contributed by atoms with Crippen molar-refractivity contribution in [2.75, 3.05) is 44.2 Å². The number of rotatable bonds is 8. The molecule has 2 aromatic carbocycles. The number of aliphatic hydroxyl groups is 1. The summed E-state index contributed by atoms with van der Waals surface area (Å²) in [5.74, 6) is 0.834. The second-order valence-electron chi connectivity index (χ2n) is 6.69. The molecule has 0 bridgehead atoms. The Kier molecular flexibility index (Phi) is 11.0. The Morgan fingerprint density at radius 3 is 2.29 bits per heavy atom. The van der Waals surface area contributed by atoms with Crippen molar-refractivity contribution < 1.29 is 9.84 Å². The van der Waals surface area contributed by atoms with Gasteiger partial charge in [0.05, 0.1) is 0 Å². The molecular formula is C22H30Cl2N2O2. The molecule has 1 fully saturated rings. The molecule has 0 spiro atoms. The maximum Gasteiger partial charge on any atom is 0.122 e. The molecule has 4 nitrogen and oxygen atoms in total. The van der Waals surface area contributed by atoms with E-state index in [1.54, 1.807) is 0 Å². The van der Waals surface area contributed by atoms with E-state index in [2.05, 4.69) is 40.6 Å². The zero-order valence-electron chi connectivity index (χ0n) is 16.1. The topological polar surface area (TPSA) is 35.9 Å². The normalized spacial score (nSPS) is 15.1. The third-order valence-corrected chi connectivity index (χ3v) is 4.73. The Labute approximate surface area is 180 Å². The lowest BCUT2D eigenvalue weighted by atomic mass is 10.1. The molecule has 0 radical (unpaired) electrons. The Balaban J connectivity index is 0.00000196. The Bertz CT molecular complexity index is 692. The molecule has 6 heteroatoms. The Morgan fingerprint density at radius 1 is 0.964 bits per heavy atom. The molecule has 1 atom stereocenters. The van der Waals surface area contributed by atoms with E-state index in [0.29, 0.717) is 13.2 Å². The molecule has 0 amide bonds. The smallest absolute Gasteiger partial charge is 0.122 e. The number of β-amino-alcohol motifs (C(OH)–C–C–N with tert-alkyl or cyclic N) is 1. The van der Waals surface area contributed by atoms with Crippen LogP contribution in [0, 0.1) is 0 Å². The van der Waals surface area contributed by atoms with E-state index in [4.69, 9.17) is 4.74 Å². The van der Waals surface area contributed by atoms with Gasteiger partial charge < -0.3 is 14.7 Å². The van der Waals surface area contributed by atoms with Crippen molar-refractivity contribution in [3.8, 4) is 5.75 Å². The number of hydrogen-bond donors (Lipinski definition) is 1. The van der Waals surface area contributed by atoms with Gasteiger partial charge in [0.1, 0.15) is 18.5 Å². The van der Waals surface area contributed by atoms with Gasteiger partial charge in [-0.05, 0) is 30.2 Å². The van der Waals surface area contributed by atoms with Crippen LogP contribution in [0.15, 0.2) is 67.3 Å². The van der Waals surface area contributed by atoms with Gasteiger partial charge in [-0.25, -0.2) is 0 Å². The van der Waals surface area contributed by atoms with Gasteiger partial charge in [-0.3, -0.25) is 4.90 Å². The van der Waals surface area contributed by atoms with Crippen LogP contribution in [-0.4, -0.2) is 55.4 Å². The van der Waals surface area contributed by atoms with E-state index >= 15 is 0 Å². The number of para-hydroxylation sites is 2. The fourth-order valence-corrected chi connectivity index (χ4v) is 3.33. The lowest BCUT2D eigenvalue weighted by Crippen LogP contribution is -2.49. The number of allylic oxidation sites excluding steroid dienone is 1. The van der Waals surface area contributed by atoms with Crippen LogP contribution in [0.25, 0.3) is 0 Å². The predicted molar refractivity (Wildman–Crippen MR) is 121 cm³/mol. The fourth-order valence-electron chi connectivity index (χ4n) is 3.33. The van der Waals surface area contributed by atoms with Gasteiger partial charge in [0.15, 0.2) is 0 Å². The molecule has 28 heavy (non-hydrogen) atoms. The summed E-state index contributed by atoms with van der Waals surface area (Å²) >= 11 is 0. The first-order chi connectivity index (χ1) is 12.8. The maximum absolute atomic E-state index is 10.4. The van der Waals surface area contributed by atoms with Crippen molar-refractivity contribution in [1.29, 1.82) is 0 Å². The van der Waals surface area contributed by atoms with Crippen molar-refractivity contribution in [3.05, 3.63) is 72.8 Å². The standard InChI is InChI=1S/C22H28N2O2.2ClH/c1-2-8-19-9-6-7-12-22(19)26-18-21(25)17-23-13-15-24(16-14-23)20-10-4-3-5-11-20;;/h2-7,9-12,21,25H,1,8,13-18H2;2*1H. The molecule has 154 valence electrons. The summed E-state index contributed by atoms with van der Waals surface area (Å²) in [7, 11) is 0. The highest BCUT2D eigenvalue weighted by Gasteiger charge is 2.19. The Hall–Kier alpha value is -1.72. The second kappa shape index (κ2) is 12.7. The quantitative estimate of drug-likeness (QED) is 0.653. The summed E-state index contributed by atoms with van der Waals surface area (Å²) in [6.45, 7) is 8.63. The molecule has 1 heterocycles. The van der Waals surface area contributed by atoms with Gasteiger partial charge in [-0.2, -0.15) is 0 Å². The summed E-state index contributed by atoms with van der Waals surface area (Å²) < 4.78 is 5.85. The number of piperazine rings is 1. The van der Waals surface area contributed by atoms with Gasteiger partial charge in [0, 0.05) is 38.4 Å². The van der Waals surface area contributed by atoms with Crippen LogP contribution >= 0.6 is 24.8 Å². The third kappa shape index (κ3) is 7.02. The molecule has 3 rings (SSSR count). The Morgan fingerprint density at radius 2 is 1.61 bits per heavy atom. The molecule has 1 saturated heterocycles. The van der Waals surface area contributed by atoms with Crippen LogP contribution in [0.1, 0.15) is 5.56 Å². The number of anilines is 1. The highest BCUT2D eigenvalue weighted by atomic mass is 35.5. The van der Waals surface area contributed by atoms with E-state index in [1.807, 2.05) is 36.4 Å². The number of nitrogens with zero attached hydrogens (tertiary/aromatic N) is 2. The van der Waals surface area contributed by atoms with Crippen molar-refractivity contribution in [2.24, 2.45) is 0 Å². The lowest BCUT2D eigenvalue weighted by Gasteiger charge is -2.36. The molecular weight excluding hydrogens is 395 g/mol. The van der Waals surface area contributed by atoms with Crippen LogP contribution in [0.5, 0.6) is 5.75 Å². The highest BCUT2D eigenvalue weighted by molar-refractivity contribution is 5.85. The average molecular weight is 425 g/mol. The van der Waals surface area contributed by atoms with Crippen LogP contribution in [0.3, 0.4) is 0 Å². The first kappa shape index (κ1) is 24.3. The molecule has 1 unspecified atom stereocenters. The zero-order valence-corrected chi connectivity index (χ0v) is 17.7. The number of halogens is 2. The van der Waals surface area contributed by atoms with E-state index < -0.39 is 6.10 Å². The minimum absolute atomic E-state index is 0. The SMILES string of the molecule is C=CCc1ccccc1OCC(O)CN1CCN(c2ccccc2)CC1.Cl.Cl. The summed E-state index contributed by atoms with van der Waals surface area (Å²) in [6.07, 6.45) is 2.15. The van der Waals surface area contributed by atoms with Crippen LogP contribution < -0.4 is 9.64 Å². The lowest BCUT2D eigenvalue weighted by molar-refractivity contribution is 0.0660. The van der Waals surface area contributed by atoms with Gasteiger partial charge in [0.25, 0.3) is 0 Å². The van der Waals surface area contributed by atoms with E-state index in [0.717, 1.165) is 43.9 Å². The summed E-state index contributed by atoms with van der Waals surface area (Å²) in [6, 6.07) is 18.4. The monoisotopic (exact) mass is 424 g/mol. The predicted octanol–water partition coefficient (Wildman–Crippen LogP) is 3.82. The molecule has 0 aromatic heterocycles. The summed E-state index contributed by atoms with van der Waals surface area (Å²) in [4.78, 5) is 4.70. The number of hydrogen-bond acceptors (Lipinski definition) is 4. The number of aliphatic hydroxyl groups excluding tert-OH is 1. The molecule has 2 aromatic rings. The molecule has 0 saturated carbocycles. The van der Waals surface area contributed by atoms with Gasteiger partial charge >= 0.3 is 0 Å². The first-order valence-electron chi connectivity index (χ1n) is 9.28. The van der Waals surface area contributed by atoms with E-state index in [9.17, 15) is 5.11 Å². The van der Waals surface area contributed by atoms with E-state index in [1.165, 1.54) is 5.69 Å². The zero-order chi connectivity index (χ0) is 18.2. The third-order valence-electron chi connectivity index (χ3n) is 4.73. The van der Waals surface area contributed by atoms with Gasteiger partial charge in [-0.1, -0.05) is 42.5 Å². The number of benzene rings is 2. The molecule has 1 aliphatic heterocycles. The fraction of sp³-hybridized carbons (Fsp3) is 0.364. The molecule has 0 aliphatic carbocycles. The summed E-state index contributed by atoms with van der Waals surface area (Å²) in [5, 5.41) is 10.4. The number of ether oxygens (including phenoxy) is 1. The van der Waals surface area contributed by atoms with Crippen molar-refractivity contribution >= 4 is 30.5 Å². The van der Waals surface area contributed by atoms with Gasteiger partial charge in [-0.15, -0.1) is 31.4 Å². The first-order valence-corrected chi connectivity index (χ1v) is 9.28. The molecule has 1 N–H and O–H groups in total. The average Bonchev–Trinajstić information content (AvgIpc) is 2.69. The van der Waals surface area contributed by atoms with Crippen molar-refractivity contribution in [1.82, 2.24) is 4.90 Å². The summed E-state index contributed by atoms with van der Waals surface area (Å²) in [5.41, 5.74) is 2.38. The minimum Gasteiger partial charge on any atom is -0.491 e. The van der Waals surface area contributed by atoms with Crippen LogP contribution in [-0.2, 0) is 6.42 Å². The minimum atomic E-state index is -0.491. The highest BCUT2D eigenvalue weighted by Crippen LogP contribution is 2.19. The molecule has 1 aliphatic rings. The van der Waals surface area contributed by atoms with Crippen LogP contribution in [0.4, 0.5) is 5.69 Å².